The minimum absolute atomic E-state index is 0.0929. The summed E-state index contributed by atoms with van der Waals surface area (Å²) in [6, 6.07) is 7.78. The highest BCUT2D eigenvalue weighted by atomic mass is 16.5. The van der Waals surface area contributed by atoms with Gasteiger partial charge in [0, 0.05) is 18.3 Å². The smallest absolute Gasteiger partial charge is 0.333 e. The zero-order valence-corrected chi connectivity index (χ0v) is 11.9. The molecule has 0 saturated heterocycles. The summed E-state index contributed by atoms with van der Waals surface area (Å²) in [5.74, 6) is -0.508. The van der Waals surface area contributed by atoms with Gasteiger partial charge in [-0.3, -0.25) is 0 Å². The molecule has 1 aromatic carbocycles. The van der Waals surface area contributed by atoms with Crippen LogP contribution in [0.2, 0.25) is 0 Å². The van der Waals surface area contributed by atoms with E-state index >= 15 is 0 Å². The van der Waals surface area contributed by atoms with Crippen LogP contribution in [0.15, 0.2) is 36.4 Å². The van der Waals surface area contributed by atoms with Gasteiger partial charge in [-0.25, -0.2) is 4.79 Å². The van der Waals surface area contributed by atoms with Gasteiger partial charge in [0.05, 0.1) is 13.2 Å². The van der Waals surface area contributed by atoms with E-state index in [2.05, 4.69) is 11.9 Å². The number of benzene rings is 1. The van der Waals surface area contributed by atoms with Gasteiger partial charge in [0.2, 0.25) is 0 Å². The molecule has 5 heteroatoms. The van der Waals surface area contributed by atoms with Gasteiger partial charge >= 0.3 is 5.97 Å². The molecule has 5 nitrogen and oxygen atoms in total. The van der Waals surface area contributed by atoms with Gasteiger partial charge in [-0.05, 0) is 24.6 Å². The van der Waals surface area contributed by atoms with E-state index in [1.807, 2.05) is 31.3 Å². The fraction of sp³-hybridized carbons (Fsp3) is 0.400. The molecule has 0 aliphatic carbocycles. The molecule has 0 fully saturated rings. The van der Waals surface area contributed by atoms with E-state index in [-0.39, 0.29) is 13.2 Å². The number of aliphatic hydroxyl groups excluding tert-OH is 1. The van der Waals surface area contributed by atoms with E-state index in [1.165, 1.54) is 0 Å². The van der Waals surface area contributed by atoms with Crippen molar-refractivity contribution in [2.75, 3.05) is 25.6 Å². The van der Waals surface area contributed by atoms with Crippen LogP contribution in [0.4, 0.5) is 5.69 Å². The number of carbonyl (C=O) groups excluding carboxylic acids is 1. The van der Waals surface area contributed by atoms with E-state index in [1.54, 1.807) is 6.92 Å². The largest absolute Gasteiger partial charge is 0.460 e. The Hall–Kier alpha value is -1.85. The van der Waals surface area contributed by atoms with Crippen molar-refractivity contribution in [1.82, 2.24) is 0 Å². The van der Waals surface area contributed by atoms with Gasteiger partial charge in [0.15, 0.2) is 0 Å². The summed E-state index contributed by atoms with van der Waals surface area (Å²) in [6.07, 6.45) is -0.838. The first kappa shape index (κ1) is 16.2. The number of ether oxygens (including phenoxy) is 2. The van der Waals surface area contributed by atoms with Gasteiger partial charge in [-0.15, -0.1) is 0 Å². The molecular formula is C15H21NO4. The number of hydrogen-bond acceptors (Lipinski definition) is 5. The average molecular weight is 279 g/mol. The second-order valence-corrected chi connectivity index (χ2v) is 4.49. The predicted molar refractivity (Wildman–Crippen MR) is 77.4 cm³/mol. The summed E-state index contributed by atoms with van der Waals surface area (Å²) in [6.45, 7) is 5.43. The topological polar surface area (TPSA) is 67.8 Å². The number of hydrogen-bond donors (Lipinski definition) is 2. The number of rotatable bonds is 8. The summed E-state index contributed by atoms with van der Waals surface area (Å²) in [5, 5.41) is 12.6. The van der Waals surface area contributed by atoms with Crippen LogP contribution in [0.25, 0.3) is 0 Å². The SMILES string of the molecule is C=C(C)C(=O)OCC(O)COCc1ccc(NC)cc1. The quantitative estimate of drug-likeness (QED) is 0.560. The normalized spacial score (nSPS) is 11.8. The third kappa shape index (κ3) is 5.86. The van der Waals surface area contributed by atoms with Crippen LogP contribution in [0.1, 0.15) is 12.5 Å². The standard InChI is InChI=1S/C15H21NO4/c1-11(2)15(18)20-10-14(17)9-19-8-12-4-6-13(16-3)7-5-12/h4-7,14,16-17H,1,8-10H2,2-3H3. The lowest BCUT2D eigenvalue weighted by atomic mass is 10.2. The predicted octanol–water partition coefficient (Wildman–Crippen LogP) is 1.73. The highest BCUT2D eigenvalue weighted by molar-refractivity contribution is 5.86. The van der Waals surface area contributed by atoms with E-state index in [4.69, 9.17) is 9.47 Å². The molecule has 1 unspecified atom stereocenters. The first-order valence-corrected chi connectivity index (χ1v) is 6.38. The molecule has 1 aromatic rings. The Morgan fingerprint density at radius 3 is 2.55 bits per heavy atom. The zero-order valence-electron chi connectivity index (χ0n) is 11.9. The van der Waals surface area contributed by atoms with Crippen LogP contribution in [0.5, 0.6) is 0 Å². The Labute approximate surface area is 119 Å². The van der Waals surface area contributed by atoms with E-state index in [0.717, 1.165) is 11.3 Å². The average Bonchev–Trinajstić information content (AvgIpc) is 2.45. The fourth-order valence-electron chi connectivity index (χ4n) is 1.42. The molecule has 0 aliphatic rings. The summed E-state index contributed by atoms with van der Waals surface area (Å²) in [7, 11) is 1.86. The lowest BCUT2D eigenvalue weighted by molar-refractivity contribution is -0.143. The molecule has 0 saturated carbocycles. The highest BCUT2D eigenvalue weighted by Gasteiger charge is 2.09. The van der Waals surface area contributed by atoms with Gasteiger partial charge in [0.1, 0.15) is 12.7 Å². The van der Waals surface area contributed by atoms with E-state index < -0.39 is 12.1 Å². The van der Waals surface area contributed by atoms with Crippen molar-refractivity contribution in [3.05, 3.63) is 42.0 Å². The Morgan fingerprint density at radius 1 is 1.35 bits per heavy atom. The third-order valence-electron chi connectivity index (χ3n) is 2.58. The lowest BCUT2D eigenvalue weighted by Gasteiger charge is -2.12. The fourth-order valence-corrected chi connectivity index (χ4v) is 1.42. The summed E-state index contributed by atoms with van der Waals surface area (Å²) in [4.78, 5) is 11.1. The minimum Gasteiger partial charge on any atom is -0.460 e. The van der Waals surface area contributed by atoms with Crippen LogP contribution in [-0.4, -0.2) is 37.4 Å². The second kappa shape index (κ2) is 8.35. The van der Waals surface area contributed by atoms with Gasteiger partial charge in [0.25, 0.3) is 0 Å². The number of anilines is 1. The highest BCUT2D eigenvalue weighted by Crippen LogP contribution is 2.09. The Balaban J connectivity index is 2.22. The van der Waals surface area contributed by atoms with Gasteiger partial charge < -0.3 is 19.9 Å². The molecule has 0 aromatic heterocycles. The Morgan fingerprint density at radius 2 is 2.00 bits per heavy atom. The molecular weight excluding hydrogens is 258 g/mol. The van der Waals surface area contributed by atoms with Gasteiger partial charge in [-0.1, -0.05) is 18.7 Å². The molecule has 0 aliphatic heterocycles. The van der Waals surface area contributed by atoms with Crippen LogP contribution < -0.4 is 5.32 Å². The lowest BCUT2D eigenvalue weighted by Crippen LogP contribution is -2.23. The van der Waals surface area contributed by atoms with Gasteiger partial charge in [-0.2, -0.15) is 0 Å². The molecule has 2 N–H and O–H groups in total. The third-order valence-corrected chi connectivity index (χ3v) is 2.58. The summed E-state index contributed by atoms with van der Waals surface area (Å²) in [5.41, 5.74) is 2.35. The molecule has 0 heterocycles. The molecule has 1 atom stereocenters. The molecule has 0 amide bonds. The van der Waals surface area contributed by atoms with Crippen LogP contribution in [0, 0.1) is 0 Å². The molecule has 0 spiro atoms. The van der Waals surface area contributed by atoms with Crippen molar-refractivity contribution in [2.45, 2.75) is 19.6 Å². The van der Waals surface area contributed by atoms with Crippen molar-refractivity contribution < 1.29 is 19.4 Å². The molecule has 0 bridgehead atoms. The number of carbonyl (C=O) groups is 1. The van der Waals surface area contributed by atoms with Crippen LogP contribution in [0.3, 0.4) is 0 Å². The summed E-state index contributed by atoms with van der Waals surface area (Å²) < 4.78 is 10.2. The van der Waals surface area contributed by atoms with Crippen molar-refractivity contribution in [3.8, 4) is 0 Å². The summed E-state index contributed by atoms with van der Waals surface area (Å²) >= 11 is 0. The minimum atomic E-state index is -0.838. The first-order valence-electron chi connectivity index (χ1n) is 6.38. The van der Waals surface area contributed by atoms with Crippen LogP contribution in [-0.2, 0) is 20.9 Å². The van der Waals surface area contributed by atoms with Crippen molar-refractivity contribution >= 4 is 11.7 Å². The maximum absolute atomic E-state index is 11.1. The maximum Gasteiger partial charge on any atom is 0.333 e. The van der Waals surface area contributed by atoms with Crippen molar-refractivity contribution in [1.29, 1.82) is 0 Å². The van der Waals surface area contributed by atoms with Crippen molar-refractivity contribution in [3.63, 3.8) is 0 Å². The molecule has 110 valence electrons. The monoisotopic (exact) mass is 279 g/mol. The zero-order chi connectivity index (χ0) is 15.0. The number of nitrogens with one attached hydrogen (secondary N) is 1. The second-order valence-electron chi connectivity index (χ2n) is 4.49. The number of esters is 1. The van der Waals surface area contributed by atoms with E-state index in [9.17, 15) is 9.90 Å². The maximum atomic E-state index is 11.1. The van der Waals surface area contributed by atoms with Crippen LogP contribution >= 0.6 is 0 Å². The molecule has 0 radical (unpaired) electrons. The number of aliphatic hydroxyl groups is 1. The molecule has 1 rings (SSSR count). The Kier molecular flexibility index (Phi) is 6.76. The van der Waals surface area contributed by atoms with E-state index in [0.29, 0.717) is 12.2 Å². The first-order chi connectivity index (χ1) is 9.52. The van der Waals surface area contributed by atoms with Crippen molar-refractivity contribution in [2.24, 2.45) is 0 Å². The Bertz CT molecular complexity index is 442. The molecule has 20 heavy (non-hydrogen) atoms.